The first kappa shape index (κ1) is 19.4. The van der Waals surface area contributed by atoms with E-state index in [1.165, 1.54) is 12.1 Å². The van der Waals surface area contributed by atoms with Crippen molar-refractivity contribution in [3.05, 3.63) is 65.5 Å². The van der Waals surface area contributed by atoms with Crippen LogP contribution in [0.4, 0.5) is 4.39 Å². The molecule has 2 aromatic carbocycles. The van der Waals surface area contributed by atoms with E-state index in [-0.39, 0.29) is 17.6 Å². The Morgan fingerprint density at radius 2 is 1.88 bits per heavy atom. The Balaban J connectivity index is 1.89. The summed E-state index contributed by atoms with van der Waals surface area (Å²) in [5.41, 5.74) is 1.70. The molecule has 1 unspecified atom stereocenters. The number of halogens is 1. The van der Waals surface area contributed by atoms with E-state index in [1.807, 2.05) is 13.0 Å². The molecule has 1 N–H and O–H groups in total. The molecule has 0 aliphatic heterocycles. The van der Waals surface area contributed by atoms with E-state index < -0.39 is 12.6 Å². The number of carbonyl (C=O) groups is 2. The fourth-order valence-corrected chi connectivity index (χ4v) is 2.55. The molecule has 0 spiro atoms. The van der Waals surface area contributed by atoms with E-state index in [2.05, 4.69) is 0 Å². The number of amides is 1. The van der Waals surface area contributed by atoms with Gasteiger partial charge in [0.1, 0.15) is 11.6 Å². The predicted octanol–water partition coefficient (Wildman–Crippen LogP) is 3.44. The molecular formula is C20H22FNO4. The van der Waals surface area contributed by atoms with E-state index in [1.54, 1.807) is 42.3 Å². The molecule has 0 aliphatic carbocycles. The zero-order chi connectivity index (χ0) is 19.1. The van der Waals surface area contributed by atoms with Gasteiger partial charge in [-0.05, 0) is 41.3 Å². The Kier molecular flexibility index (Phi) is 6.72. The van der Waals surface area contributed by atoms with Crippen LogP contribution in [0.2, 0.25) is 0 Å². The quantitative estimate of drug-likeness (QED) is 0.784. The molecule has 0 aromatic heterocycles. The average Bonchev–Trinajstić information content (AvgIpc) is 2.61. The number of hydrogen-bond donors (Lipinski definition) is 1. The first-order chi connectivity index (χ1) is 12.3. The van der Waals surface area contributed by atoms with Crippen molar-refractivity contribution >= 4 is 11.9 Å². The van der Waals surface area contributed by atoms with Gasteiger partial charge in [0.25, 0.3) is 0 Å². The summed E-state index contributed by atoms with van der Waals surface area (Å²) in [5.74, 6) is -0.988. The number of aliphatic carboxylic acids is 1. The number of carboxylic acids is 1. The van der Waals surface area contributed by atoms with Crippen LogP contribution < -0.4 is 4.74 Å². The van der Waals surface area contributed by atoms with Crippen LogP contribution in [0.15, 0.2) is 48.5 Å². The molecule has 2 rings (SSSR count). The summed E-state index contributed by atoms with van der Waals surface area (Å²) in [7, 11) is 1.72. The summed E-state index contributed by atoms with van der Waals surface area (Å²) in [6.45, 7) is 1.93. The Morgan fingerprint density at radius 1 is 1.19 bits per heavy atom. The minimum Gasteiger partial charge on any atom is -0.482 e. The fraction of sp³-hybridized carbons (Fsp3) is 0.300. The first-order valence-electron chi connectivity index (χ1n) is 8.28. The fourth-order valence-electron chi connectivity index (χ4n) is 2.55. The van der Waals surface area contributed by atoms with Gasteiger partial charge in [-0.2, -0.15) is 0 Å². The maximum Gasteiger partial charge on any atom is 0.341 e. The highest BCUT2D eigenvalue weighted by Crippen LogP contribution is 2.21. The number of hydrogen-bond acceptors (Lipinski definition) is 3. The van der Waals surface area contributed by atoms with Gasteiger partial charge >= 0.3 is 5.97 Å². The largest absolute Gasteiger partial charge is 0.482 e. The van der Waals surface area contributed by atoms with Crippen LogP contribution in [0, 0.1) is 5.82 Å². The maximum atomic E-state index is 13.3. The highest BCUT2D eigenvalue weighted by atomic mass is 19.1. The van der Waals surface area contributed by atoms with Crippen molar-refractivity contribution in [2.75, 3.05) is 13.7 Å². The van der Waals surface area contributed by atoms with Gasteiger partial charge in [-0.15, -0.1) is 0 Å². The molecule has 0 aliphatic rings. The van der Waals surface area contributed by atoms with E-state index in [0.29, 0.717) is 18.7 Å². The average molecular weight is 359 g/mol. The van der Waals surface area contributed by atoms with Gasteiger partial charge in [-0.25, -0.2) is 9.18 Å². The molecule has 5 nitrogen and oxygen atoms in total. The van der Waals surface area contributed by atoms with Gasteiger partial charge < -0.3 is 14.7 Å². The molecule has 0 saturated heterocycles. The standard InChI is InChI=1S/C20H22FNO4/c1-14(16-4-3-5-17(21)11-16)10-19(23)22(2)12-15-6-8-18(9-7-15)26-13-20(24)25/h3-9,11,14H,10,12-13H2,1-2H3,(H,24,25). The number of carbonyl (C=O) groups excluding carboxylic acids is 1. The Hall–Kier alpha value is -2.89. The summed E-state index contributed by atoms with van der Waals surface area (Å²) >= 11 is 0. The molecule has 1 atom stereocenters. The van der Waals surface area contributed by atoms with Gasteiger partial charge in [0, 0.05) is 20.0 Å². The Labute approximate surface area is 152 Å². The van der Waals surface area contributed by atoms with Crippen molar-refractivity contribution in [2.45, 2.75) is 25.8 Å². The van der Waals surface area contributed by atoms with Crippen molar-refractivity contribution in [3.8, 4) is 5.75 Å². The van der Waals surface area contributed by atoms with Crippen LogP contribution in [-0.4, -0.2) is 35.5 Å². The van der Waals surface area contributed by atoms with Crippen LogP contribution in [-0.2, 0) is 16.1 Å². The summed E-state index contributed by atoms with van der Waals surface area (Å²) < 4.78 is 18.4. The highest BCUT2D eigenvalue weighted by Gasteiger charge is 2.15. The third-order valence-corrected chi connectivity index (χ3v) is 4.03. The lowest BCUT2D eigenvalue weighted by Gasteiger charge is -2.20. The molecule has 0 radical (unpaired) electrons. The third kappa shape index (κ3) is 5.88. The zero-order valence-electron chi connectivity index (χ0n) is 14.8. The van der Waals surface area contributed by atoms with E-state index in [4.69, 9.17) is 9.84 Å². The summed E-state index contributed by atoms with van der Waals surface area (Å²) in [6.07, 6.45) is 0.291. The van der Waals surface area contributed by atoms with E-state index in [9.17, 15) is 14.0 Å². The first-order valence-corrected chi connectivity index (χ1v) is 8.28. The Morgan fingerprint density at radius 3 is 2.50 bits per heavy atom. The van der Waals surface area contributed by atoms with E-state index >= 15 is 0 Å². The second-order valence-electron chi connectivity index (χ2n) is 6.24. The summed E-state index contributed by atoms with van der Waals surface area (Å²) in [4.78, 5) is 24.5. The zero-order valence-corrected chi connectivity index (χ0v) is 14.8. The van der Waals surface area contributed by atoms with Gasteiger partial charge in [-0.3, -0.25) is 4.79 Å². The number of benzene rings is 2. The second kappa shape index (κ2) is 8.99. The Bertz CT molecular complexity index is 761. The van der Waals surface area contributed by atoms with Crippen LogP contribution in [0.25, 0.3) is 0 Å². The molecule has 0 saturated carbocycles. The SMILES string of the molecule is CC(CC(=O)N(C)Cc1ccc(OCC(=O)O)cc1)c1cccc(F)c1. The molecule has 0 fully saturated rings. The molecule has 1 amide bonds. The van der Waals surface area contributed by atoms with Gasteiger partial charge in [-0.1, -0.05) is 31.2 Å². The normalized spacial score (nSPS) is 11.7. The van der Waals surface area contributed by atoms with Crippen LogP contribution in [0.3, 0.4) is 0 Å². The van der Waals surface area contributed by atoms with Crippen LogP contribution in [0.5, 0.6) is 5.75 Å². The third-order valence-electron chi connectivity index (χ3n) is 4.03. The molecular weight excluding hydrogens is 337 g/mol. The van der Waals surface area contributed by atoms with Crippen molar-refractivity contribution in [1.82, 2.24) is 4.90 Å². The number of rotatable bonds is 8. The highest BCUT2D eigenvalue weighted by molar-refractivity contribution is 5.76. The van der Waals surface area contributed by atoms with Crippen molar-refractivity contribution in [3.63, 3.8) is 0 Å². The van der Waals surface area contributed by atoms with Gasteiger partial charge in [0.05, 0.1) is 0 Å². The predicted molar refractivity (Wildman–Crippen MR) is 95.5 cm³/mol. The molecule has 2 aromatic rings. The minimum absolute atomic E-state index is 0.0343. The molecule has 0 heterocycles. The molecule has 138 valence electrons. The van der Waals surface area contributed by atoms with Crippen molar-refractivity contribution < 1.29 is 23.8 Å². The number of carboxylic acid groups (broad SMARTS) is 1. The van der Waals surface area contributed by atoms with Crippen LogP contribution in [0.1, 0.15) is 30.4 Å². The topological polar surface area (TPSA) is 66.8 Å². The monoisotopic (exact) mass is 359 g/mol. The summed E-state index contributed by atoms with van der Waals surface area (Å²) in [6, 6.07) is 13.2. The van der Waals surface area contributed by atoms with Crippen molar-refractivity contribution in [2.24, 2.45) is 0 Å². The molecule has 0 bridgehead atoms. The number of nitrogens with zero attached hydrogens (tertiary/aromatic N) is 1. The van der Waals surface area contributed by atoms with Crippen molar-refractivity contribution in [1.29, 1.82) is 0 Å². The van der Waals surface area contributed by atoms with Gasteiger partial charge in [0.15, 0.2) is 6.61 Å². The maximum absolute atomic E-state index is 13.3. The second-order valence-corrected chi connectivity index (χ2v) is 6.24. The minimum atomic E-state index is -1.04. The van der Waals surface area contributed by atoms with Crippen LogP contribution >= 0.6 is 0 Å². The number of ether oxygens (including phenoxy) is 1. The summed E-state index contributed by atoms with van der Waals surface area (Å²) in [5, 5.41) is 8.59. The van der Waals surface area contributed by atoms with Gasteiger partial charge in [0.2, 0.25) is 5.91 Å². The lowest BCUT2D eigenvalue weighted by Crippen LogP contribution is -2.27. The molecule has 26 heavy (non-hydrogen) atoms. The van der Waals surface area contributed by atoms with E-state index in [0.717, 1.165) is 11.1 Å². The lowest BCUT2D eigenvalue weighted by atomic mass is 9.97. The molecule has 6 heteroatoms. The lowest BCUT2D eigenvalue weighted by molar-refractivity contribution is -0.139. The smallest absolute Gasteiger partial charge is 0.341 e.